The lowest BCUT2D eigenvalue weighted by Gasteiger charge is -2.19. The molecule has 0 aliphatic heterocycles. The topological polar surface area (TPSA) is 91.2 Å². The van der Waals surface area contributed by atoms with Crippen molar-refractivity contribution in [2.24, 2.45) is 5.92 Å². The summed E-state index contributed by atoms with van der Waals surface area (Å²) in [5.74, 6) is -0.507. The number of amides is 2. The van der Waals surface area contributed by atoms with Gasteiger partial charge in [-0.1, -0.05) is 32.0 Å². The van der Waals surface area contributed by atoms with Gasteiger partial charge in [0.15, 0.2) is 0 Å². The van der Waals surface area contributed by atoms with Gasteiger partial charge in [-0.25, -0.2) is 4.79 Å². The highest BCUT2D eigenvalue weighted by molar-refractivity contribution is 5.85. The van der Waals surface area contributed by atoms with Gasteiger partial charge in [0.25, 0.3) is 0 Å². The Hall–Kier alpha value is -2.76. The molecule has 9 heteroatoms. The van der Waals surface area contributed by atoms with Crippen molar-refractivity contribution < 1.29 is 27.5 Å². The highest BCUT2D eigenvalue weighted by atomic mass is 19.4. The first-order valence-electron chi connectivity index (χ1n) is 7.88. The van der Waals surface area contributed by atoms with Crippen LogP contribution in [-0.4, -0.2) is 24.6 Å². The van der Waals surface area contributed by atoms with E-state index in [4.69, 9.17) is 10.00 Å². The summed E-state index contributed by atoms with van der Waals surface area (Å²) in [5, 5.41) is 13.1. The Morgan fingerprint density at radius 3 is 2.50 bits per heavy atom. The van der Waals surface area contributed by atoms with Crippen LogP contribution in [0.15, 0.2) is 24.3 Å². The molecular weight excluding hydrogens is 351 g/mol. The molecule has 2 N–H and O–H groups in total. The second kappa shape index (κ2) is 9.65. The number of hydrogen-bond acceptors (Lipinski definition) is 4. The van der Waals surface area contributed by atoms with Gasteiger partial charge in [0.2, 0.25) is 5.91 Å². The van der Waals surface area contributed by atoms with Crippen LogP contribution in [0.2, 0.25) is 0 Å². The quantitative estimate of drug-likeness (QED) is 0.721. The Labute approximate surface area is 149 Å². The fraction of sp³-hybridized carbons (Fsp3) is 0.471. The first kappa shape index (κ1) is 21.3. The molecule has 1 aromatic rings. The largest absolute Gasteiger partial charge is 0.445 e. The lowest BCUT2D eigenvalue weighted by Crippen LogP contribution is -2.47. The molecule has 26 heavy (non-hydrogen) atoms. The summed E-state index contributed by atoms with van der Waals surface area (Å²) in [5.41, 5.74) is -1.08. The minimum Gasteiger partial charge on any atom is -0.445 e. The summed E-state index contributed by atoms with van der Waals surface area (Å²) in [6, 6.07) is 5.55. The van der Waals surface area contributed by atoms with Gasteiger partial charge in [0.05, 0.1) is 11.6 Å². The summed E-state index contributed by atoms with van der Waals surface area (Å²) < 4.78 is 43.6. The van der Waals surface area contributed by atoms with Crippen molar-refractivity contribution in [2.75, 3.05) is 6.54 Å². The Morgan fingerprint density at radius 2 is 1.92 bits per heavy atom. The van der Waals surface area contributed by atoms with Crippen molar-refractivity contribution in [1.82, 2.24) is 10.6 Å². The number of nitriles is 1. The molecule has 0 bridgehead atoms. The minimum absolute atomic E-state index is 0.0547. The number of nitrogens with one attached hydrogen (secondary N) is 2. The van der Waals surface area contributed by atoms with Crippen LogP contribution in [0.3, 0.4) is 0 Å². The van der Waals surface area contributed by atoms with Crippen LogP contribution < -0.4 is 10.6 Å². The zero-order chi connectivity index (χ0) is 19.7. The second-order valence-electron chi connectivity index (χ2n) is 5.93. The number of carbonyl (C=O) groups excluding carboxylic acids is 2. The Balaban J connectivity index is 2.72. The number of hydrogen-bond donors (Lipinski definition) is 2. The molecule has 0 aliphatic carbocycles. The molecule has 0 saturated carbocycles. The highest BCUT2D eigenvalue weighted by Crippen LogP contribution is 2.32. The van der Waals surface area contributed by atoms with Crippen molar-refractivity contribution in [3.63, 3.8) is 0 Å². The summed E-state index contributed by atoms with van der Waals surface area (Å²) >= 11 is 0. The van der Waals surface area contributed by atoms with Crippen LogP contribution >= 0.6 is 0 Å². The van der Waals surface area contributed by atoms with Gasteiger partial charge in [0.1, 0.15) is 19.2 Å². The van der Waals surface area contributed by atoms with Gasteiger partial charge in [-0.3, -0.25) is 4.79 Å². The maximum Gasteiger partial charge on any atom is 0.416 e. The van der Waals surface area contributed by atoms with Crippen LogP contribution in [-0.2, 0) is 22.3 Å². The average Bonchev–Trinajstić information content (AvgIpc) is 2.56. The average molecular weight is 371 g/mol. The number of benzene rings is 1. The maximum absolute atomic E-state index is 12.9. The van der Waals surface area contributed by atoms with Crippen molar-refractivity contribution in [3.8, 4) is 6.07 Å². The fourth-order valence-corrected chi connectivity index (χ4v) is 2.20. The van der Waals surface area contributed by atoms with Crippen LogP contribution in [0.1, 0.15) is 31.4 Å². The third-order valence-corrected chi connectivity index (χ3v) is 3.34. The molecule has 0 heterocycles. The van der Waals surface area contributed by atoms with E-state index in [1.54, 1.807) is 6.07 Å². The van der Waals surface area contributed by atoms with Crippen molar-refractivity contribution in [2.45, 2.75) is 39.1 Å². The molecule has 1 atom stereocenters. The van der Waals surface area contributed by atoms with E-state index in [1.165, 1.54) is 18.2 Å². The van der Waals surface area contributed by atoms with E-state index in [2.05, 4.69) is 10.6 Å². The molecule has 0 radical (unpaired) electrons. The number of ether oxygens (including phenoxy) is 1. The third-order valence-electron chi connectivity index (χ3n) is 3.34. The molecule has 1 aromatic carbocycles. The zero-order valence-corrected chi connectivity index (χ0v) is 14.4. The van der Waals surface area contributed by atoms with E-state index in [1.807, 2.05) is 13.8 Å². The van der Waals surface area contributed by atoms with Gasteiger partial charge in [-0.05, 0) is 18.4 Å². The van der Waals surface area contributed by atoms with Crippen LogP contribution in [0.4, 0.5) is 18.0 Å². The lowest BCUT2D eigenvalue weighted by molar-refractivity contribution is -0.138. The lowest BCUT2D eigenvalue weighted by atomic mass is 10.0. The van der Waals surface area contributed by atoms with Crippen molar-refractivity contribution in [3.05, 3.63) is 35.4 Å². The van der Waals surface area contributed by atoms with Crippen LogP contribution in [0.5, 0.6) is 0 Å². The van der Waals surface area contributed by atoms with E-state index in [0.717, 1.165) is 6.07 Å². The SMILES string of the molecule is CC(C)C[C@H](NC(=O)OCc1ccccc1C(F)(F)F)C(=O)NCC#N. The number of halogens is 3. The summed E-state index contributed by atoms with van der Waals surface area (Å²) in [6.45, 7) is 2.85. The smallest absolute Gasteiger partial charge is 0.416 e. The molecule has 0 fully saturated rings. The normalized spacial score (nSPS) is 12.2. The molecule has 2 amide bonds. The van der Waals surface area contributed by atoms with E-state index in [-0.39, 0.29) is 24.4 Å². The minimum atomic E-state index is -4.56. The summed E-state index contributed by atoms with van der Waals surface area (Å²) in [6.07, 6.45) is -5.29. The van der Waals surface area contributed by atoms with Gasteiger partial charge >= 0.3 is 12.3 Å². The van der Waals surface area contributed by atoms with Crippen LogP contribution in [0.25, 0.3) is 0 Å². The second-order valence-corrected chi connectivity index (χ2v) is 5.93. The van der Waals surface area contributed by atoms with Gasteiger partial charge < -0.3 is 15.4 Å². The molecule has 0 aromatic heterocycles. The Kier molecular flexibility index (Phi) is 7.90. The molecule has 6 nitrogen and oxygen atoms in total. The predicted molar refractivity (Wildman–Crippen MR) is 86.6 cm³/mol. The number of alkyl halides is 3. The van der Waals surface area contributed by atoms with Crippen LogP contribution in [0, 0.1) is 17.2 Å². The van der Waals surface area contributed by atoms with E-state index >= 15 is 0 Å². The first-order chi connectivity index (χ1) is 12.1. The number of carbonyl (C=O) groups is 2. The standard InChI is InChI=1S/C17H20F3N3O3/c1-11(2)9-14(15(24)22-8-7-21)23-16(25)26-10-12-5-3-4-6-13(12)17(18,19)20/h3-6,11,14H,8-10H2,1-2H3,(H,22,24)(H,23,25)/t14-/m0/s1. The highest BCUT2D eigenvalue weighted by Gasteiger charge is 2.33. The van der Waals surface area contributed by atoms with E-state index in [0.29, 0.717) is 0 Å². The zero-order valence-electron chi connectivity index (χ0n) is 14.4. The number of rotatable bonds is 7. The molecule has 0 aliphatic rings. The first-order valence-corrected chi connectivity index (χ1v) is 7.88. The Morgan fingerprint density at radius 1 is 1.27 bits per heavy atom. The predicted octanol–water partition coefficient (Wildman–Crippen LogP) is 2.99. The molecule has 142 valence electrons. The van der Waals surface area contributed by atoms with E-state index < -0.39 is 36.4 Å². The Bertz CT molecular complexity index is 669. The number of nitrogens with zero attached hydrogens (tertiary/aromatic N) is 1. The molecule has 0 unspecified atom stereocenters. The van der Waals surface area contributed by atoms with Gasteiger partial charge in [0, 0.05) is 5.56 Å². The molecule has 1 rings (SSSR count). The molecular formula is C17H20F3N3O3. The van der Waals surface area contributed by atoms with E-state index in [9.17, 15) is 22.8 Å². The summed E-state index contributed by atoms with van der Waals surface area (Å²) in [7, 11) is 0. The number of alkyl carbamates (subject to hydrolysis) is 1. The van der Waals surface area contributed by atoms with Gasteiger partial charge in [-0.2, -0.15) is 18.4 Å². The van der Waals surface area contributed by atoms with Crippen molar-refractivity contribution in [1.29, 1.82) is 5.26 Å². The molecule has 0 spiro atoms. The summed E-state index contributed by atoms with van der Waals surface area (Å²) in [4.78, 5) is 23.8. The monoisotopic (exact) mass is 371 g/mol. The third kappa shape index (κ3) is 7.01. The van der Waals surface area contributed by atoms with Gasteiger partial charge in [-0.15, -0.1) is 0 Å². The van der Waals surface area contributed by atoms with Crippen molar-refractivity contribution >= 4 is 12.0 Å². The maximum atomic E-state index is 12.9. The molecule has 0 saturated heterocycles. The fourth-order valence-electron chi connectivity index (χ4n) is 2.20.